The number of amides is 1. The molecule has 0 saturated heterocycles. The van der Waals surface area contributed by atoms with Crippen molar-refractivity contribution in [1.29, 1.82) is 0 Å². The molecule has 0 aliphatic heterocycles. The van der Waals surface area contributed by atoms with Crippen LogP contribution in [0.3, 0.4) is 0 Å². The van der Waals surface area contributed by atoms with Crippen LogP contribution >= 0.6 is 24.0 Å². The van der Waals surface area contributed by atoms with Crippen LogP contribution in [0.25, 0.3) is 0 Å². The second-order valence-electron chi connectivity index (χ2n) is 4.87. The maximum Gasteiger partial charge on any atom is 0.246 e. The molecular weight excluding hydrogens is 419 g/mol. The molecule has 1 amide bonds. The fourth-order valence-electron chi connectivity index (χ4n) is 1.97. The SMILES string of the molecule is CCNC(=NCC(=O)Nc1ccccc1)NCCc1ccco1.I. The Morgan fingerprint density at radius 3 is 2.58 bits per heavy atom. The number of aliphatic imine (C=N–C) groups is 1. The van der Waals surface area contributed by atoms with Crippen LogP contribution in [0.1, 0.15) is 12.7 Å². The predicted octanol–water partition coefficient (Wildman–Crippen LogP) is 2.63. The Kier molecular flexibility index (Phi) is 9.59. The van der Waals surface area contributed by atoms with Gasteiger partial charge in [0.25, 0.3) is 0 Å². The average Bonchev–Trinajstić information content (AvgIpc) is 3.07. The van der Waals surface area contributed by atoms with Crippen LogP contribution in [-0.4, -0.2) is 31.5 Å². The number of hydrogen-bond acceptors (Lipinski definition) is 3. The molecule has 7 heteroatoms. The quantitative estimate of drug-likeness (QED) is 0.350. The lowest BCUT2D eigenvalue weighted by atomic mass is 10.3. The van der Waals surface area contributed by atoms with Gasteiger partial charge in [-0.2, -0.15) is 0 Å². The zero-order valence-electron chi connectivity index (χ0n) is 13.6. The molecule has 6 nitrogen and oxygen atoms in total. The standard InChI is InChI=1S/C17H22N4O2.HI/c1-2-18-17(19-11-10-15-9-6-12-23-15)20-13-16(22)21-14-7-4-3-5-8-14;/h3-9,12H,2,10-11,13H2,1H3,(H,21,22)(H2,18,19,20);1H. The summed E-state index contributed by atoms with van der Waals surface area (Å²) in [6.45, 7) is 3.45. The highest BCUT2D eigenvalue weighted by Gasteiger charge is 2.03. The second kappa shape index (κ2) is 11.5. The van der Waals surface area contributed by atoms with Crippen LogP contribution in [0.5, 0.6) is 0 Å². The molecule has 3 N–H and O–H groups in total. The molecule has 0 saturated carbocycles. The average molecular weight is 442 g/mol. The highest BCUT2D eigenvalue weighted by molar-refractivity contribution is 14.0. The van der Waals surface area contributed by atoms with Crippen LogP contribution in [0.2, 0.25) is 0 Å². The number of nitrogens with one attached hydrogen (secondary N) is 3. The third kappa shape index (κ3) is 7.49. The zero-order valence-corrected chi connectivity index (χ0v) is 15.9. The number of carbonyl (C=O) groups excluding carboxylic acids is 1. The summed E-state index contributed by atoms with van der Waals surface area (Å²) in [5, 5.41) is 9.09. The van der Waals surface area contributed by atoms with E-state index in [0.717, 1.165) is 24.4 Å². The molecule has 24 heavy (non-hydrogen) atoms. The lowest BCUT2D eigenvalue weighted by Crippen LogP contribution is -2.39. The topological polar surface area (TPSA) is 78.7 Å². The van der Waals surface area contributed by atoms with Crippen molar-refractivity contribution in [2.45, 2.75) is 13.3 Å². The highest BCUT2D eigenvalue weighted by atomic mass is 127. The van der Waals surface area contributed by atoms with Gasteiger partial charge >= 0.3 is 0 Å². The van der Waals surface area contributed by atoms with Crippen LogP contribution in [0.4, 0.5) is 5.69 Å². The van der Waals surface area contributed by atoms with E-state index in [9.17, 15) is 4.79 Å². The van der Waals surface area contributed by atoms with Gasteiger partial charge in [0.05, 0.1) is 6.26 Å². The molecule has 2 rings (SSSR count). The van der Waals surface area contributed by atoms with Crippen molar-refractivity contribution >= 4 is 41.5 Å². The summed E-state index contributed by atoms with van der Waals surface area (Å²) in [5.74, 6) is 1.37. The molecule has 1 heterocycles. The molecule has 1 aromatic heterocycles. The Labute approximate surface area is 159 Å². The molecule has 0 radical (unpaired) electrons. The number of rotatable bonds is 7. The van der Waals surface area contributed by atoms with Crippen molar-refractivity contribution in [3.8, 4) is 0 Å². The minimum Gasteiger partial charge on any atom is -0.469 e. The summed E-state index contributed by atoms with van der Waals surface area (Å²) in [7, 11) is 0. The first-order valence-electron chi connectivity index (χ1n) is 7.67. The zero-order chi connectivity index (χ0) is 16.3. The number of nitrogens with zero attached hydrogens (tertiary/aromatic N) is 1. The van der Waals surface area contributed by atoms with E-state index < -0.39 is 0 Å². The minimum absolute atomic E-state index is 0. The van der Waals surface area contributed by atoms with Gasteiger partial charge in [-0.3, -0.25) is 4.79 Å². The van der Waals surface area contributed by atoms with E-state index in [1.807, 2.05) is 49.4 Å². The number of halogens is 1. The number of para-hydroxylation sites is 1. The molecule has 0 bridgehead atoms. The second-order valence-corrected chi connectivity index (χ2v) is 4.87. The third-order valence-electron chi connectivity index (χ3n) is 3.03. The van der Waals surface area contributed by atoms with Gasteiger partial charge in [-0.1, -0.05) is 18.2 Å². The summed E-state index contributed by atoms with van der Waals surface area (Å²) >= 11 is 0. The molecule has 0 spiro atoms. The third-order valence-corrected chi connectivity index (χ3v) is 3.03. The van der Waals surface area contributed by atoms with Crippen LogP contribution < -0.4 is 16.0 Å². The van der Waals surface area contributed by atoms with Gasteiger partial charge in [0.15, 0.2) is 5.96 Å². The largest absolute Gasteiger partial charge is 0.469 e. The van der Waals surface area contributed by atoms with E-state index in [-0.39, 0.29) is 36.4 Å². The van der Waals surface area contributed by atoms with Crippen molar-refractivity contribution in [1.82, 2.24) is 10.6 Å². The van der Waals surface area contributed by atoms with E-state index >= 15 is 0 Å². The normalized spacial score (nSPS) is 10.6. The van der Waals surface area contributed by atoms with Crippen molar-refractivity contribution in [2.75, 3.05) is 25.0 Å². The van der Waals surface area contributed by atoms with Gasteiger partial charge in [0, 0.05) is 25.2 Å². The van der Waals surface area contributed by atoms with Crippen LogP contribution in [0, 0.1) is 0 Å². The smallest absolute Gasteiger partial charge is 0.246 e. The minimum atomic E-state index is -0.153. The summed E-state index contributed by atoms with van der Waals surface area (Å²) < 4.78 is 5.28. The fraction of sp³-hybridized carbons (Fsp3) is 0.294. The van der Waals surface area contributed by atoms with Gasteiger partial charge in [-0.15, -0.1) is 24.0 Å². The Hall–Kier alpha value is -2.03. The Morgan fingerprint density at radius 1 is 1.12 bits per heavy atom. The maximum absolute atomic E-state index is 11.9. The predicted molar refractivity (Wildman–Crippen MR) is 107 cm³/mol. The molecule has 1 aromatic carbocycles. The van der Waals surface area contributed by atoms with Crippen molar-refractivity contribution in [3.63, 3.8) is 0 Å². The molecule has 0 atom stereocenters. The number of benzene rings is 1. The monoisotopic (exact) mass is 442 g/mol. The molecule has 0 aliphatic rings. The lowest BCUT2D eigenvalue weighted by molar-refractivity contribution is -0.114. The molecular formula is C17H23IN4O2. The first-order valence-corrected chi connectivity index (χ1v) is 7.67. The van der Waals surface area contributed by atoms with E-state index in [0.29, 0.717) is 12.5 Å². The van der Waals surface area contributed by atoms with Gasteiger partial charge in [-0.25, -0.2) is 4.99 Å². The van der Waals surface area contributed by atoms with Crippen LogP contribution in [0.15, 0.2) is 58.1 Å². The summed E-state index contributed by atoms with van der Waals surface area (Å²) in [6, 6.07) is 13.1. The van der Waals surface area contributed by atoms with Crippen LogP contribution in [-0.2, 0) is 11.2 Å². The molecule has 130 valence electrons. The van der Waals surface area contributed by atoms with E-state index in [4.69, 9.17) is 4.42 Å². The number of carbonyl (C=O) groups is 1. The first kappa shape index (κ1) is 20.0. The lowest BCUT2D eigenvalue weighted by Gasteiger charge is -2.10. The number of guanidine groups is 1. The van der Waals surface area contributed by atoms with Crippen molar-refractivity contribution < 1.29 is 9.21 Å². The molecule has 0 unspecified atom stereocenters. The van der Waals surface area contributed by atoms with Gasteiger partial charge in [-0.05, 0) is 31.2 Å². The first-order chi connectivity index (χ1) is 11.3. The van der Waals surface area contributed by atoms with E-state index in [1.54, 1.807) is 6.26 Å². The number of furan rings is 1. The molecule has 0 fully saturated rings. The van der Waals surface area contributed by atoms with E-state index in [1.165, 1.54) is 0 Å². The van der Waals surface area contributed by atoms with Gasteiger partial charge < -0.3 is 20.4 Å². The number of hydrogen-bond donors (Lipinski definition) is 3. The maximum atomic E-state index is 11.9. The van der Waals surface area contributed by atoms with Gasteiger partial charge in [0.2, 0.25) is 5.91 Å². The Balaban J connectivity index is 0.00000288. The summed E-state index contributed by atoms with van der Waals surface area (Å²) in [5.41, 5.74) is 0.767. The highest BCUT2D eigenvalue weighted by Crippen LogP contribution is 2.04. The fourth-order valence-corrected chi connectivity index (χ4v) is 1.97. The van der Waals surface area contributed by atoms with E-state index in [2.05, 4.69) is 20.9 Å². The Bertz CT molecular complexity index is 615. The molecule has 2 aromatic rings. The summed E-state index contributed by atoms with van der Waals surface area (Å²) in [4.78, 5) is 16.2. The summed E-state index contributed by atoms with van der Waals surface area (Å²) in [6.07, 6.45) is 2.41. The number of anilines is 1. The van der Waals surface area contributed by atoms with Crippen molar-refractivity contribution in [3.05, 3.63) is 54.5 Å². The van der Waals surface area contributed by atoms with Crippen molar-refractivity contribution in [2.24, 2.45) is 4.99 Å². The Morgan fingerprint density at radius 2 is 1.92 bits per heavy atom. The van der Waals surface area contributed by atoms with Gasteiger partial charge in [0.1, 0.15) is 12.3 Å². The molecule has 0 aliphatic carbocycles.